The van der Waals surface area contributed by atoms with Crippen LogP contribution < -0.4 is 5.73 Å². The number of amides is 1. The summed E-state index contributed by atoms with van der Waals surface area (Å²) in [6.07, 6.45) is 4.37. The molecule has 3 N–H and O–H groups in total. The Labute approximate surface area is 104 Å². The van der Waals surface area contributed by atoms with E-state index in [1.807, 2.05) is 0 Å². The van der Waals surface area contributed by atoms with Crippen molar-refractivity contribution in [2.75, 3.05) is 6.54 Å². The second-order valence-corrected chi connectivity index (χ2v) is 4.45. The molecule has 18 heavy (non-hydrogen) atoms. The molecule has 2 rings (SSSR count). The summed E-state index contributed by atoms with van der Waals surface area (Å²) in [4.78, 5) is 24.5. The number of carboxylic acid groups (broad SMARTS) is 1. The van der Waals surface area contributed by atoms with Crippen molar-refractivity contribution in [3.05, 3.63) is 18.0 Å². The number of nitrogens with two attached hydrogens (primary N) is 1. The molecule has 0 radical (unpaired) electrons. The van der Waals surface area contributed by atoms with Crippen LogP contribution in [0.25, 0.3) is 0 Å². The minimum Gasteiger partial charge on any atom is -0.480 e. The summed E-state index contributed by atoms with van der Waals surface area (Å²) < 4.78 is 1.56. The van der Waals surface area contributed by atoms with Gasteiger partial charge in [-0.05, 0) is 12.8 Å². The van der Waals surface area contributed by atoms with Crippen LogP contribution in [0, 0.1) is 0 Å². The molecule has 1 aromatic heterocycles. The third-order valence-electron chi connectivity index (χ3n) is 3.17. The van der Waals surface area contributed by atoms with E-state index >= 15 is 0 Å². The monoisotopic (exact) mass is 252 g/mol. The van der Waals surface area contributed by atoms with E-state index in [-0.39, 0.29) is 5.91 Å². The van der Waals surface area contributed by atoms with Gasteiger partial charge in [-0.25, -0.2) is 4.79 Å². The Morgan fingerprint density at radius 3 is 2.89 bits per heavy atom. The average molecular weight is 252 g/mol. The zero-order valence-electron chi connectivity index (χ0n) is 10.1. The molecule has 1 aromatic rings. The standard InChI is InChI=1S/C11H16N4O3/c1-14-6-7(5-13-14)9(12)10(16)15-4-2-3-8(15)11(17)18/h5-6,8-9H,2-4,12H2,1H3,(H,17,18)/t8-,9?/m1/s1. The van der Waals surface area contributed by atoms with E-state index in [9.17, 15) is 9.59 Å². The third kappa shape index (κ3) is 2.21. The summed E-state index contributed by atoms with van der Waals surface area (Å²) in [6, 6.07) is -1.60. The molecule has 7 heteroatoms. The van der Waals surface area contributed by atoms with E-state index in [4.69, 9.17) is 10.8 Å². The van der Waals surface area contributed by atoms with Crippen molar-refractivity contribution in [2.24, 2.45) is 12.8 Å². The Kier molecular flexibility index (Phi) is 3.33. The molecule has 1 unspecified atom stereocenters. The van der Waals surface area contributed by atoms with Crippen LogP contribution in [-0.4, -0.2) is 44.3 Å². The number of nitrogens with zero attached hydrogens (tertiary/aromatic N) is 3. The van der Waals surface area contributed by atoms with Crippen LogP contribution in [0.1, 0.15) is 24.4 Å². The van der Waals surface area contributed by atoms with Crippen molar-refractivity contribution in [1.82, 2.24) is 14.7 Å². The van der Waals surface area contributed by atoms with Gasteiger partial charge in [0.05, 0.1) is 6.20 Å². The lowest BCUT2D eigenvalue weighted by molar-refractivity contribution is -0.148. The number of rotatable bonds is 3. The lowest BCUT2D eigenvalue weighted by Crippen LogP contribution is -2.44. The maximum atomic E-state index is 12.2. The highest BCUT2D eigenvalue weighted by atomic mass is 16.4. The Hall–Kier alpha value is -1.89. The first-order chi connectivity index (χ1) is 8.50. The summed E-state index contributed by atoms with van der Waals surface area (Å²) in [5.41, 5.74) is 6.45. The number of carboxylic acids is 1. The van der Waals surface area contributed by atoms with Crippen LogP contribution in [0.3, 0.4) is 0 Å². The number of hydrogen-bond acceptors (Lipinski definition) is 4. The minimum atomic E-state index is -0.973. The van der Waals surface area contributed by atoms with Gasteiger partial charge in [0.2, 0.25) is 5.91 Å². The first-order valence-electron chi connectivity index (χ1n) is 5.78. The first kappa shape index (κ1) is 12.6. The molecule has 0 bridgehead atoms. The van der Waals surface area contributed by atoms with Crippen LogP contribution in [0.2, 0.25) is 0 Å². The number of aliphatic carboxylic acids is 1. The van der Waals surface area contributed by atoms with Gasteiger partial charge in [0.1, 0.15) is 12.1 Å². The molecule has 1 fully saturated rings. The van der Waals surface area contributed by atoms with Crippen molar-refractivity contribution in [3.63, 3.8) is 0 Å². The Bertz CT molecular complexity index is 471. The van der Waals surface area contributed by atoms with Gasteiger partial charge in [-0.1, -0.05) is 0 Å². The molecule has 2 atom stereocenters. The second-order valence-electron chi connectivity index (χ2n) is 4.45. The summed E-state index contributed by atoms with van der Waals surface area (Å²) in [5.74, 6) is -1.33. The first-order valence-corrected chi connectivity index (χ1v) is 5.78. The van der Waals surface area contributed by atoms with Gasteiger partial charge in [0.15, 0.2) is 0 Å². The highest BCUT2D eigenvalue weighted by Crippen LogP contribution is 2.22. The molecule has 1 amide bonds. The van der Waals surface area contributed by atoms with Crippen LogP contribution in [0.15, 0.2) is 12.4 Å². The van der Waals surface area contributed by atoms with E-state index in [0.717, 1.165) is 0 Å². The molecule has 1 aliphatic heterocycles. The molecular formula is C11H16N4O3. The van der Waals surface area contributed by atoms with Gasteiger partial charge in [0, 0.05) is 25.4 Å². The summed E-state index contributed by atoms with van der Waals surface area (Å²) >= 11 is 0. The lowest BCUT2D eigenvalue weighted by Gasteiger charge is -2.24. The SMILES string of the molecule is Cn1cc(C(N)C(=O)N2CCC[C@@H]2C(=O)O)cn1. The number of aromatic nitrogens is 2. The zero-order chi connectivity index (χ0) is 13.3. The number of carbonyl (C=O) groups excluding carboxylic acids is 1. The fourth-order valence-electron chi connectivity index (χ4n) is 2.21. The molecule has 1 aliphatic rings. The smallest absolute Gasteiger partial charge is 0.326 e. The predicted molar refractivity (Wildman–Crippen MR) is 62.5 cm³/mol. The van der Waals surface area contributed by atoms with E-state index in [2.05, 4.69) is 5.10 Å². The summed E-state index contributed by atoms with van der Waals surface area (Å²) in [7, 11) is 1.73. The number of hydrogen-bond donors (Lipinski definition) is 2. The van der Waals surface area contributed by atoms with E-state index < -0.39 is 18.1 Å². The molecule has 0 saturated carbocycles. The fraction of sp³-hybridized carbons (Fsp3) is 0.545. The Morgan fingerprint density at radius 1 is 1.61 bits per heavy atom. The average Bonchev–Trinajstić information content (AvgIpc) is 2.95. The van der Waals surface area contributed by atoms with Crippen molar-refractivity contribution >= 4 is 11.9 Å². The van der Waals surface area contributed by atoms with E-state index in [0.29, 0.717) is 24.9 Å². The summed E-state index contributed by atoms with van der Waals surface area (Å²) in [6.45, 7) is 0.448. The highest BCUT2D eigenvalue weighted by Gasteiger charge is 2.36. The second kappa shape index (κ2) is 4.77. The maximum Gasteiger partial charge on any atom is 0.326 e. The van der Waals surface area contributed by atoms with Crippen molar-refractivity contribution < 1.29 is 14.7 Å². The topological polar surface area (TPSA) is 101 Å². The predicted octanol–water partition coefficient (Wildman–Crippen LogP) is -0.504. The third-order valence-corrected chi connectivity index (χ3v) is 3.17. The van der Waals surface area contributed by atoms with E-state index in [1.54, 1.807) is 17.9 Å². The minimum absolute atomic E-state index is 0.354. The molecule has 0 aromatic carbocycles. The molecule has 0 aliphatic carbocycles. The van der Waals surface area contributed by atoms with Crippen LogP contribution in [-0.2, 0) is 16.6 Å². The van der Waals surface area contributed by atoms with Crippen LogP contribution in [0.4, 0.5) is 0 Å². The zero-order valence-corrected chi connectivity index (χ0v) is 10.1. The molecule has 98 valence electrons. The Morgan fingerprint density at radius 2 is 2.33 bits per heavy atom. The molecule has 1 saturated heterocycles. The molecule has 7 nitrogen and oxygen atoms in total. The van der Waals surface area contributed by atoms with Crippen LogP contribution in [0.5, 0.6) is 0 Å². The molecule has 2 heterocycles. The number of carbonyl (C=O) groups is 2. The number of aryl methyl sites for hydroxylation is 1. The van der Waals surface area contributed by atoms with Crippen LogP contribution >= 0.6 is 0 Å². The van der Waals surface area contributed by atoms with Crippen molar-refractivity contribution in [1.29, 1.82) is 0 Å². The molecular weight excluding hydrogens is 236 g/mol. The van der Waals surface area contributed by atoms with Gasteiger partial charge >= 0.3 is 5.97 Å². The maximum absolute atomic E-state index is 12.2. The van der Waals surface area contributed by atoms with Crippen molar-refractivity contribution in [2.45, 2.75) is 24.9 Å². The van der Waals surface area contributed by atoms with E-state index in [1.165, 1.54) is 11.1 Å². The van der Waals surface area contributed by atoms with Gasteiger partial charge < -0.3 is 15.7 Å². The fourth-order valence-corrected chi connectivity index (χ4v) is 2.21. The quantitative estimate of drug-likeness (QED) is 0.754. The largest absolute Gasteiger partial charge is 0.480 e. The summed E-state index contributed by atoms with van der Waals surface area (Å²) in [5, 5.41) is 13.0. The highest BCUT2D eigenvalue weighted by molar-refractivity contribution is 5.88. The van der Waals surface area contributed by atoms with Gasteiger partial charge in [-0.3, -0.25) is 9.48 Å². The van der Waals surface area contributed by atoms with Crippen molar-refractivity contribution in [3.8, 4) is 0 Å². The normalized spacial score (nSPS) is 21.0. The van der Waals surface area contributed by atoms with Gasteiger partial charge in [-0.2, -0.15) is 5.10 Å². The lowest BCUT2D eigenvalue weighted by atomic mass is 10.1. The molecule has 0 spiro atoms. The Balaban J connectivity index is 2.13. The van der Waals surface area contributed by atoms with Gasteiger partial charge in [0.25, 0.3) is 0 Å². The number of likely N-dealkylation sites (tertiary alicyclic amines) is 1. The van der Waals surface area contributed by atoms with Gasteiger partial charge in [-0.15, -0.1) is 0 Å².